The van der Waals surface area contributed by atoms with E-state index in [-0.39, 0.29) is 19.1 Å². The molecule has 0 radical (unpaired) electrons. The van der Waals surface area contributed by atoms with Crippen LogP contribution >= 0.6 is 0 Å². The van der Waals surface area contributed by atoms with Crippen molar-refractivity contribution in [3.63, 3.8) is 0 Å². The molecular weight excluding hydrogens is 194 g/mol. The molecule has 0 spiro atoms. The van der Waals surface area contributed by atoms with Gasteiger partial charge in [-0.25, -0.2) is 0 Å². The molecule has 0 unspecified atom stereocenters. The van der Waals surface area contributed by atoms with Gasteiger partial charge in [0.25, 0.3) is 5.91 Å². The lowest BCUT2D eigenvalue weighted by Gasteiger charge is -2.02. The van der Waals surface area contributed by atoms with Crippen LogP contribution < -0.4 is 11.2 Å². The molecule has 0 aliphatic rings. The second-order valence-electron chi connectivity index (χ2n) is 2.88. The number of hydrogen-bond donors (Lipinski definition) is 3. The van der Waals surface area contributed by atoms with E-state index in [0.717, 1.165) is 5.56 Å². The normalized spacial score (nSPS) is 10.5. The van der Waals surface area contributed by atoms with E-state index >= 15 is 0 Å². The summed E-state index contributed by atoms with van der Waals surface area (Å²) in [6.07, 6.45) is 1.50. The first-order valence-electron chi connectivity index (χ1n) is 4.50. The second-order valence-corrected chi connectivity index (χ2v) is 2.88. The molecule has 0 saturated heterocycles. The number of benzene rings is 1. The number of nitrogens with one attached hydrogen (secondary N) is 1. The maximum absolute atomic E-state index is 11.4. The molecule has 80 valence electrons. The molecule has 5 heteroatoms. The molecule has 1 amide bonds. The molecule has 1 aromatic rings. The zero-order valence-corrected chi connectivity index (χ0v) is 8.18. The van der Waals surface area contributed by atoms with Crippen molar-refractivity contribution in [2.24, 2.45) is 10.9 Å². The van der Waals surface area contributed by atoms with Gasteiger partial charge in [-0.2, -0.15) is 5.10 Å². The zero-order valence-electron chi connectivity index (χ0n) is 8.18. The molecule has 4 N–H and O–H groups in total. The van der Waals surface area contributed by atoms with E-state index in [0.29, 0.717) is 5.56 Å². The average molecular weight is 207 g/mol. The molecule has 5 nitrogen and oxygen atoms in total. The van der Waals surface area contributed by atoms with Crippen LogP contribution in [0.15, 0.2) is 29.4 Å². The topological polar surface area (TPSA) is 87.7 Å². The lowest BCUT2D eigenvalue weighted by molar-refractivity contribution is 0.0945. The minimum atomic E-state index is -0.208. The molecular formula is C10H13N3O2. The number of hydrogen-bond acceptors (Lipinski definition) is 4. The summed E-state index contributed by atoms with van der Waals surface area (Å²) in [4.78, 5) is 11.4. The number of amides is 1. The summed E-state index contributed by atoms with van der Waals surface area (Å²) in [5, 5.41) is 14.5. The first kappa shape index (κ1) is 11.2. The van der Waals surface area contributed by atoms with Crippen molar-refractivity contribution < 1.29 is 9.90 Å². The Hall–Kier alpha value is -1.88. The third-order valence-corrected chi connectivity index (χ3v) is 1.79. The van der Waals surface area contributed by atoms with Gasteiger partial charge in [-0.05, 0) is 17.7 Å². The number of nitrogens with two attached hydrogens (primary N) is 1. The Labute approximate surface area is 87.6 Å². The first-order chi connectivity index (χ1) is 7.27. The van der Waals surface area contributed by atoms with Crippen molar-refractivity contribution in [1.82, 2.24) is 5.32 Å². The SMILES string of the molecule is NN=Cc1ccc(C(=O)NCCO)cc1. The van der Waals surface area contributed by atoms with Gasteiger partial charge >= 0.3 is 0 Å². The molecule has 0 bridgehead atoms. The number of aliphatic hydroxyl groups excluding tert-OH is 1. The fourth-order valence-corrected chi connectivity index (χ4v) is 1.08. The van der Waals surface area contributed by atoms with Gasteiger partial charge in [0.1, 0.15) is 0 Å². The van der Waals surface area contributed by atoms with E-state index in [9.17, 15) is 4.79 Å². The van der Waals surface area contributed by atoms with Crippen LogP contribution in [-0.2, 0) is 0 Å². The van der Waals surface area contributed by atoms with Gasteiger partial charge < -0.3 is 16.3 Å². The quantitative estimate of drug-likeness (QED) is 0.360. The molecule has 0 saturated carbocycles. The van der Waals surface area contributed by atoms with E-state index in [2.05, 4.69) is 10.4 Å². The van der Waals surface area contributed by atoms with Gasteiger partial charge in [-0.1, -0.05) is 12.1 Å². The Morgan fingerprint density at radius 3 is 2.67 bits per heavy atom. The molecule has 0 aromatic heterocycles. The summed E-state index contributed by atoms with van der Waals surface area (Å²) >= 11 is 0. The Balaban J connectivity index is 2.66. The zero-order chi connectivity index (χ0) is 11.1. The van der Waals surface area contributed by atoms with Crippen LogP contribution in [0.25, 0.3) is 0 Å². The van der Waals surface area contributed by atoms with Gasteiger partial charge in [0.15, 0.2) is 0 Å². The van der Waals surface area contributed by atoms with Crippen molar-refractivity contribution in [3.8, 4) is 0 Å². The van der Waals surface area contributed by atoms with E-state index in [4.69, 9.17) is 10.9 Å². The van der Waals surface area contributed by atoms with Gasteiger partial charge in [0.2, 0.25) is 0 Å². The summed E-state index contributed by atoms with van der Waals surface area (Å²) in [6, 6.07) is 6.82. The van der Waals surface area contributed by atoms with Crippen molar-refractivity contribution in [3.05, 3.63) is 35.4 Å². The van der Waals surface area contributed by atoms with Gasteiger partial charge in [-0.3, -0.25) is 4.79 Å². The third kappa shape index (κ3) is 3.40. The predicted molar refractivity (Wildman–Crippen MR) is 57.6 cm³/mol. The van der Waals surface area contributed by atoms with E-state index in [1.54, 1.807) is 24.3 Å². The maximum Gasteiger partial charge on any atom is 0.251 e. The smallest absolute Gasteiger partial charge is 0.251 e. The Kier molecular flexibility index (Phi) is 4.30. The summed E-state index contributed by atoms with van der Waals surface area (Å²) in [6.45, 7) is 0.189. The second kappa shape index (κ2) is 5.77. The van der Waals surface area contributed by atoms with Crippen LogP contribution in [0, 0.1) is 0 Å². The fraction of sp³-hybridized carbons (Fsp3) is 0.200. The van der Waals surface area contributed by atoms with Crippen LogP contribution in [0.3, 0.4) is 0 Å². The molecule has 15 heavy (non-hydrogen) atoms. The van der Waals surface area contributed by atoms with Crippen LogP contribution in [-0.4, -0.2) is 30.4 Å². The molecule has 0 fully saturated rings. The molecule has 1 aromatic carbocycles. The highest BCUT2D eigenvalue weighted by Gasteiger charge is 2.03. The molecule has 0 atom stereocenters. The first-order valence-corrected chi connectivity index (χ1v) is 4.50. The van der Waals surface area contributed by atoms with Crippen molar-refractivity contribution >= 4 is 12.1 Å². The Bertz CT molecular complexity index is 346. The Morgan fingerprint density at radius 1 is 1.47 bits per heavy atom. The minimum absolute atomic E-state index is 0.0658. The monoisotopic (exact) mass is 207 g/mol. The van der Waals surface area contributed by atoms with Gasteiger partial charge in [0.05, 0.1) is 12.8 Å². The molecule has 0 aliphatic heterocycles. The van der Waals surface area contributed by atoms with Crippen molar-refractivity contribution in [2.75, 3.05) is 13.2 Å². The number of carbonyl (C=O) groups excluding carboxylic acids is 1. The largest absolute Gasteiger partial charge is 0.395 e. The number of carbonyl (C=O) groups is 1. The summed E-state index contributed by atoms with van der Waals surface area (Å²) < 4.78 is 0. The Morgan fingerprint density at radius 2 is 2.13 bits per heavy atom. The molecule has 0 aliphatic carbocycles. The van der Waals surface area contributed by atoms with Gasteiger partial charge in [0, 0.05) is 12.1 Å². The highest BCUT2D eigenvalue weighted by atomic mass is 16.3. The molecule has 0 heterocycles. The lowest BCUT2D eigenvalue weighted by Crippen LogP contribution is -2.26. The number of nitrogens with zero attached hydrogens (tertiary/aromatic N) is 1. The van der Waals surface area contributed by atoms with E-state index in [1.807, 2.05) is 0 Å². The average Bonchev–Trinajstić information content (AvgIpc) is 2.27. The standard InChI is InChI=1S/C10H13N3O2/c11-13-7-8-1-3-9(4-2-8)10(15)12-5-6-14/h1-4,7,14H,5-6,11H2,(H,12,15). The van der Waals surface area contributed by atoms with E-state index in [1.165, 1.54) is 6.21 Å². The minimum Gasteiger partial charge on any atom is -0.395 e. The number of hydrazone groups is 1. The third-order valence-electron chi connectivity index (χ3n) is 1.79. The summed E-state index contributed by atoms with van der Waals surface area (Å²) in [7, 11) is 0. The van der Waals surface area contributed by atoms with Gasteiger partial charge in [-0.15, -0.1) is 0 Å². The highest BCUT2D eigenvalue weighted by molar-refractivity contribution is 5.94. The lowest BCUT2D eigenvalue weighted by atomic mass is 10.1. The van der Waals surface area contributed by atoms with E-state index < -0.39 is 0 Å². The molecule has 1 rings (SSSR count). The maximum atomic E-state index is 11.4. The highest BCUT2D eigenvalue weighted by Crippen LogP contribution is 2.02. The summed E-state index contributed by atoms with van der Waals surface area (Å²) in [5.41, 5.74) is 1.37. The fourth-order valence-electron chi connectivity index (χ4n) is 1.08. The van der Waals surface area contributed by atoms with Crippen LogP contribution in [0.1, 0.15) is 15.9 Å². The van der Waals surface area contributed by atoms with Crippen LogP contribution in [0.2, 0.25) is 0 Å². The number of aliphatic hydroxyl groups is 1. The van der Waals surface area contributed by atoms with Crippen LogP contribution in [0.5, 0.6) is 0 Å². The summed E-state index contributed by atoms with van der Waals surface area (Å²) in [5.74, 6) is 4.78. The van der Waals surface area contributed by atoms with Crippen molar-refractivity contribution in [1.29, 1.82) is 0 Å². The number of rotatable bonds is 4. The van der Waals surface area contributed by atoms with Crippen molar-refractivity contribution in [2.45, 2.75) is 0 Å². The van der Waals surface area contributed by atoms with Crippen LogP contribution in [0.4, 0.5) is 0 Å². The predicted octanol–water partition coefficient (Wildman–Crippen LogP) is -0.299.